The van der Waals surface area contributed by atoms with Gasteiger partial charge in [-0.25, -0.2) is 0 Å². The molecule has 1 aliphatic carbocycles. The van der Waals surface area contributed by atoms with Gasteiger partial charge in [0.15, 0.2) is 0 Å². The van der Waals surface area contributed by atoms with E-state index in [-0.39, 0.29) is 0 Å². The molecule has 0 aliphatic heterocycles. The van der Waals surface area contributed by atoms with Crippen LogP contribution in [0.4, 0.5) is 0 Å². The monoisotopic (exact) mass is 207 g/mol. The second-order valence-electron chi connectivity index (χ2n) is 4.75. The number of nitrogens with one attached hydrogen (secondary N) is 1. The van der Waals surface area contributed by atoms with Crippen LogP contribution in [-0.4, -0.2) is 12.6 Å². The lowest BCUT2D eigenvalue weighted by Crippen LogP contribution is -2.29. The lowest BCUT2D eigenvalue weighted by Gasteiger charge is -2.22. The minimum Gasteiger partial charge on any atom is -0.304 e. The molecule has 0 aromatic heterocycles. The standard InChI is InChI=1S/C14H25N/c1-3-8-14(4-2)15-12-11-13-9-6-5-7-10-13/h2,13-15H,3,5-12H2,1H3. The zero-order valence-corrected chi connectivity index (χ0v) is 10.1. The van der Waals surface area contributed by atoms with E-state index in [1.165, 1.54) is 44.9 Å². The molecular weight excluding hydrogens is 182 g/mol. The average Bonchev–Trinajstić information content (AvgIpc) is 2.29. The summed E-state index contributed by atoms with van der Waals surface area (Å²) < 4.78 is 0. The summed E-state index contributed by atoms with van der Waals surface area (Å²) in [5.41, 5.74) is 0. The van der Waals surface area contributed by atoms with Crippen molar-refractivity contribution in [1.29, 1.82) is 0 Å². The molecule has 1 N–H and O–H groups in total. The van der Waals surface area contributed by atoms with E-state index in [1.54, 1.807) is 0 Å². The van der Waals surface area contributed by atoms with Gasteiger partial charge < -0.3 is 5.32 Å². The van der Waals surface area contributed by atoms with E-state index in [0.717, 1.165) is 18.9 Å². The van der Waals surface area contributed by atoms with Crippen molar-refractivity contribution in [3.8, 4) is 12.3 Å². The Morgan fingerprint density at radius 2 is 2.07 bits per heavy atom. The third-order valence-electron chi connectivity index (χ3n) is 3.45. The van der Waals surface area contributed by atoms with Gasteiger partial charge in [-0.2, -0.15) is 0 Å². The predicted molar refractivity (Wildman–Crippen MR) is 66.7 cm³/mol. The Balaban J connectivity index is 2.06. The first-order chi connectivity index (χ1) is 7.36. The number of hydrogen-bond acceptors (Lipinski definition) is 1. The zero-order valence-electron chi connectivity index (χ0n) is 10.1. The van der Waals surface area contributed by atoms with Crippen LogP contribution in [0.1, 0.15) is 58.3 Å². The molecule has 1 heteroatoms. The Morgan fingerprint density at radius 1 is 1.33 bits per heavy atom. The lowest BCUT2D eigenvalue weighted by atomic mass is 9.87. The molecule has 1 fully saturated rings. The quantitative estimate of drug-likeness (QED) is 0.659. The van der Waals surface area contributed by atoms with Crippen molar-refractivity contribution in [2.45, 2.75) is 64.3 Å². The molecule has 1 atom stereocenters. The van der Waals surface area contributed by atoms with Crippen LogP contribution in [-0.2, 0) is 0 Å². The average molecular weight is 207 g/mol. The fourth-order valence-corrected chi connectivity index (χ4v) is 2.47. The zero-order chi connectivity index (χ0) is 10.9. The van der Waals surface area contributed by atoms with Crippen LogP contribution in [0, 0.1) is 18.3 Å². The molecule has 1 saturated carbocycles. The summed E-state index contributed by atoms with van der Waals surface area (Å²) in [7, 11) is 0. The normalized spacial score (nSPS) is 19.7. The SMILES string of the molecule is C#CC(CCC)NCCC1CCCCC1. The fraction of sp³-hybridized carbons (Fsp3) is 0.857. The molecule has 0 aromatic carbocycles. The highest BCUT2D eigenvalue weighted by molar-refractivity contribution is 4.98. The topological polar surface area (TPSA) is 12.0 Å². The van der Waals surface area contributed by atoms with Crippen LogP contribution < -0.4 is 5.32 Å². The molecule has 0 amide bonds. The third kappa shape index (κ3) is 5.23. The molecule has 0 aromatic rings. The van der Waals surface area contributed by atoms with Crippen LogP contribution >= 0.6 is 0 Å². The molecule has 0 radical (unpaired) electrons. The van der Waals surface area contributed by atoms with Gasteiger partial charge in [-0.15, -0.1) is 6.42 Å². The van der Waals surface area contributed by atoms with Gasteiger partial charge in [-0.3, -0.25) is 0 Å². The van der Waals surface area contributed by atoms with Gasteiger partial charge in [0.1, 0.15) is 0 Å². The van der Waals surface area contributed by atoms with Crippen molar-refractivity contribution in [2.75, 3.05) is 6.54 Å². The minimum absolute atomic E-state index is 0.304. The first kappa shape index (κ1) is 12.6. The van der Waals surface area contributed by atoms with Gasteiger partial charge in [0.2, 0.25) is 0 Å². The number of hydrogen-bond donors (Lipinski definition) is 1. The lowest BCUT2D eigenvalue weighted by molar-refractivity contribution is 0.330. The van der Waals surface area contributed by atoms with E-state index in [0.29, 0.717) is 6.04 Å². The molecule has 15 heavy (non-hydrogen) atoms. The first-order valence-electron chi connectivity index (χ1n) is 6.56. The predicted octanol–water partition coefficient (Wildman–Crippen LogP) is 3.35. The summed E-state index contributed by atoms with van der Waals surface area (Å²) in [5, 5.41) is 3.48. The highest BCUT2D eigenvalue weighted by Gasteiger charge is 2.13. The van der Waals surface area contributed by atoms with E-state index in [2.05, 4.69) is 18.2 Å². The molecule has 0 heterocycles. The second-order valence-corrected chi connectivity index (χ2v) is 4.75. The first-order valence-corrected chi connectivity index (χ1v) is 6.56. The van der Waals surface area contributed by atoms with Crippen molar-refractivity contribution in [3.63, 3.8) is 0 Å². The Kier molecular flexibility index (Phi) is 6.52. The summed E-state index contributed by atoms with van der Waals surface area (Å²) in [4.78, 5) is 0. The smallest absolute Gasteiger partial charge is 0.0686 e. The second kappa shape index (κ2) is 7.77. The van der Waals surface area contributed by atoms with Crippen LogP contribution in [0.5, 0.6) is 0 Å². The highest BCUT2D eigenvalue weighted by atomic mass is 14.9. The van der Waals surface area contributed by atoms with E-state index >= 15 is 0 Å². The van der Waals surface area contributed by atoms with Crippen LogP contribution in [0.25, 0.3) is 0 Å². The molecular formula is C14H25N. The molecule has 1 unspecified atom stereocenters. The fourth-order valence-electron chi connectivity index (χ4n) is 2.47. The van der Waals surface area contributed by atoms with E-state index in [4.69, 9.17) is 6.42 Å². The molecule has 1 aliphatic rings. The summed E-state index contributed by atoms with van der Waals surface area (Å²) in [5.74, 6) is 3.79. The Bertz CT molecular complexity index is 186. The summed E-state index contributed by atoms with van der Waals surface area (Å²) >= 11 is 0. The minimum atomic E-state index is 0.304. The molecule has 86 valence electrons. The maximum Gasteiger partial charge on any atom is 0.0686 e. The van der Waals surface area contributed by atoms with Crippen molar-refractivity contribution in [3.05, 3.63) is 0 Å². The summed E-state index contributed by atoms with van der Waals surface area (Å²) in [6.45, 7) is 3.30. The largest absolute Gasteiger partial charge is 0.304 e. The van der Waals surface area contributed by atoms with Gasteiger partial charge >= 0.3 is 0 Å². The molecule has 1 nitrogen and oxygen atoms in total. The van der Waals surface area contributed by atoms with Crippen molar-refractivity contribution < 1.29 is 0 Å². The molecule has 0 bridgehead atoms. The molecule has 0 saturated heterocycles. The van der Waals surface area contributed by atoms with Gasteiger partial charge in [-0.05, 0) is 25.3 Å². The Labute approximate surface area is 95.0 Å². The Hall–Kier alpha value is -0.480. The number of terminal acetylenes is 1. The maximum atomic E-state index is 5.47. The van der Waals surface area contributed by atoms with Crippen LogP contribution in [0.15, 0.2) is 0 Å². The molecule has 1 rings (SSSR count). The third-order valence-corrected chi connectivity index (χ3v) is 3.45. The van der Waals surface area contributed by atoms with Crippen LogP contribution in [0.2, 0.25) is 0 Å². The summed E-state index contributed by atoms with van der Waals surface area (Å²) in [6.07, 6.45) is 16.3. The van der Waals surface area contributed by atoms with Gasteiger partial charge in [0.05, 0.1) is 6.04 Å². The van der Waals surface area contributed by atoms with E-state index in [1.807, 2.05) is 0 Å². The van der Waals surface area contributed by atoms with Crippen molar-refractivity contribution in [2.24, 2.45) is 5.92 Å². The maximum absolute atomic E-state index is 5.47. The van der Waals surface area contributed by atoms with Gasteiger partial charge in [-0.1, -0.05) is 51.4 Å². The summed E-state index contributed by atoms with van der Waals surface area (Å²) in [6, 6.07) is 0.304. The van der Waals surface area contributed by atoms with E-state index in [9.17, 15) is 0 Å². The van der Waals surface area contributed by atoms with Crippen molar-refractivity contribution in [1.82, 2.24) is 5.32 Å². The Morgan fingerprint density at radius 3 is 2.67 bits per heavy atom. The van der Waals surface area contributed by atoms with Gasteiger partial charge in [0, 0.05) is 0 Å². The molecule has 0 spiro atoms. The highest BCUT2D eigenvalue weighted by Crippen LogP contribution is 2.25. The van der Waals surface area contributed by atoms with Crippen molar-refractivity contribution >= 4 is 0 Å². The number of rotatable bonds is 6. The van der Waals surface area contributed by atoms with Gasteiger partial charge in [0.25, 0.3) is 0 Å². The van der Waals surface area contributed by atoms with Crippen LogP contribution in [0.3, 0.4) is 0 Å². The van der Waals surface area contributed by atoms with E-state index < -0.39 is 0 Å².